The molecule has 0 bridgehead atoms. The number of imidazole rings is 1. The fraction of sp³-hybridized carbons (Fsp3) is 0.375. The first-order valence-electron chi connectivity index (χ1n) is 3.48. The molecule has 58 valence electrons. The molecule has 2 N–H and O–H groups in total. The molecule has 0 aliphatic carbocycles. The van der Waals surface area contributed by atoms with E-state index in [1.54, 1.807) is 6.33 Å². The van der Waals surface area contributed by atoms with Crippen LogP contribution in [-0.4, -0.2) is 23.6 Å². The van der Waals surface area contributed by atoms with Gasteiger partial charge in [-0.05, 0) is 19.9 Å². The Balaban J connectivity index is 2.65. The topological polar surface area (TPSA) is 40.7 Å². The zero-order valence-corrected chi connectivity index (χ0v) is 6.73. The molecule has 0 fully saturated rings. The van der Waals surface area contributed by atoms with Crippen LogP contribution < -0.4 is 5.32 Å². The number of hydrogen-bond donors (Lipinski definition) is 2. The number of H-pyrrole nitrogens is 1. The van der Waals surface area contributed by atoms with Crippen LogP contribution in [0.15, 0.2) is 6.33 Å². The highest BCUT2D eigenvalue weighted by molar-refractivity contribution is 5.30. The molecule has 1 rings (SSSR count). The van der Waals surface area contributed by atoms with Gasteiger partial charge < -0.3 is 10.3 Å². The van der Waals surface area contributed by atoms with Crippen molar-refractivity contribution in [3.8, 4) is 11.8 Å². The van der Waals surface area contributed by atoms with Gasteiger partial charge in [0.1, 0.15) is 5.69 Å². The molecular formula is C8H11N3. The summed E-state index contributed by atoms with van der Waals surface area (Å²) in [5, 5.41) is 2.94. The van der Waals surface area contributed by atoms with Crippen LogP contribution in [-0.2, 0) is 0 Å². The summed E-state index contributed by atoms with van der Waals surface area (Å²) in [6, 6.07) is 0. The summed E-state index contributed by atoms with van der Waals surface area (Å²) < 4.78 is 0. The molecule has 3 heteroatoms. The maximum absolute atomic E-state index is 4.03. The van der Waals surface area contributed by atoms with Gasteiger partial charge in [-0.25, -0.2) is 4.98 Å². The molecule has 0 aromatic carbocycles. The Labute approximate surface area is 66.2 Å². The molecule has 0 spiro atoms. The monoisotopic (exact) mass is 149 g/mol. The van der Waals surface area contributed by atoms with E-state index in [-0.39, 0.29) is 0 Å². The second-order valence-electron chi connectivity index (χ2n) is 2.21. The Hall–Kier alpha value is -1.27. The molecule has 0 aliphatic rings. The van der Waals surface area contributed by atoms with Crippen LogP contribution in [0.3, 0.4) is 0 Å². The van der Waals surface area contributed by atoms with Crippen LogP contribution in [0.25, 0.3) is 0 Å². The van der Waals surface area contributed by atoms with Crippen molar-refractivity contribution < 1.29 is 0 Å². The number of hydrogen-bond acceptors (Lipinski definition) is 2. The zero-order valence-electron chi connectivity index (χ0n) is 6.73. The normalized spacial score (nSPS) is 8.91. The molecule has 1 aromatic rings. The van der Waals surface area contributed by atoms with E-state index < -0.39 is 0 Å². The first-order valence-corrected chi connectivity index (χ1v) is 3.48. The Morgan fingerprint density at radius 3 is 3.09 bits per heavy atom. The van der Waals surface area contributed by atoms with E-state index in [0.717, 1.165) is 11.4 Å². The van der Waals surface area contributed by atoms with E-state index in [1.807, 2.05) is 14.0 Å². The summed E-state index contributed by atoms with van der Waals surface area (Å²) in [5.41, 5.74) is 1.86. The first kappa shape index (κ1) is 7.83. The Morgan fingerprint density at radius 1 is 1.73 bits per heavy atom. The van der Waals surface area contributed by atoms with Gasteiger partial charge in [-0.3, -0.25) is 0 Å². The number of rotatable bonds is 1. The summed E-state index contributed by atoms with van der Waals surface area (Å²) >= 11 is 0. The lowest BCUT2D eigenvalue weighted by Crippen LogP contribution is -2.04. The highest BCUT2D eigenvalue weighted by Gasteiger charge is 1.92. The zero-order chi connectivity index (χ0) is 8.10. The van der Waals surface area contributed by atoms with Crippen molar-refractivity contribution in [1.29, 1.82) is 0 Å². The number of aromatic nitrogens is 2. The van der Waals surface area contributed by atoms with E-state index >= 15 is 0 Å². The lowest BCUT2D eigenvalue weighted by Gasteiger charge is -1.84. The molecule has 0 saturated heterocycles. The molecule has 0 atom stereocenters. The average molecular weight is 149 g/mol. The van der Waals surface area contributed by atoms with Crippen molar-refractivity contribution in [1.82, 2.24) is 15.3 Å². The lowest BCUT2D eigenvalue weighted by atomic mass is 10.3. The summed E-state index contributed by atoms with van der Waals surface area (Å²) in [7, 11) is 1.87. The summed E-state index contributed by atoms with van der Waals surface area (Å²) in [6.45, 7) is 2.66. The molecule has 1 heterocycles. The van der Waals surface area contributed by atoms with Gasteiger partial charge in [0.25, 0.3) is 0 Å². The van der Waals surface area contributed by atoms with Crippen LogP contribution in [0.5, 0.6) is 0 Å². The van der Waals surface area contributed by atoms with Gasteiger partial charge in [0.2, 0.25) is 0 Å². The van der Waals surface area contributed by atoms with Crippen molar-refractivity contribution in [2.24, 2.45) is 0 Å². The van der Waals surface area contributed by atoms with E-state index in [1.165, 1.54) is 0 Å². The second kappa shape index (κ2) is 3.79. The number of nitrogens with one attached hydrogen (secondary N) is 2. The quantitative estimate of drug-likeness (QED) is 0.563. The minimum absolute atomic E-state index is 0.701. The largest absolute Gasteiger partial charge is 0.348 e. The van der Waals surface area contributed by atoms with Crippen LogP contribution >= 0.6 is 0 Å². The van der Waals surface area contributed by atoms with E-state index in [4.69, 9.17) is 0 Å². The van der Waals surface area contributed by atoms with Crippen molar-refractivity contribution in [3.05, 3.63) is 17.7 Å². The molecule has 11 heavy (non-hydrogen) atoms. The number of aryl methyl sites for hydroxylation is 1. The van der Waals surface area contributed by atoms with E-state index in [0.29, 0.717) is 6.54 Å². The maximum Gasteiger partial charge on any atom is 0.133 e. The third-order valence-corrected chi connectivity index (χ3v) is 1.30. The third-order valence-electron chi connectivity index (χ3n) is 1.30. The first-order chi connectivity index (χ1) is 5.34. The van der Waals surface area contributed by atoms with Gasteiger partial charge in [0, 0.05) is 5.69 Å². The van der Waals surface area contributed by atoms with Crippen LogP contribution in [0.2, 0.25) is 0 Å². The smallest absolute Gasteiger partial charge is 0.133 e. The summed E-state index contributed by atoms with van der Waals surface area (Å²) in [6.07, 6.45) is 1.65. The fourth-order valence-corrected chi connectivity index (χ4v) is 0.701. The Bertz CT molecular complexity index is 277. The third kappa shape index (κ3) is 2.10. The van der Waals surface area contributed by atoms with Crippen molar-refractivity contribution in [2.45, 2.75) is 6.92 Å². The second-order valence-corrected chi connectivity index (χ2v) is 2.21. The van der Waals surface area contributed by atoms with Gasteiger partial charge >= 0.3 is 0 Å². The fourth-order valence-electron chi connectivity index (χ4n) is 0.701. The Kier molecular flexibility index (Phi) is 2.70. The van der Waals surface area contributed by atoms with Gasteiger partial charge in [0.05, 0.1) is 12.9 Å². The summed E-state index contributed by atoms with van der Waals surface area (Å²) in [4.78, 5) is 6.99. The van der Waals surface area contributed by atoms with Crippen molar-refractivity contribution >= 4 is 0 Å². The molecular weight excluding hydrogens is 138 g/mol. The summed E-state index contributed by atoms with van der Waals surface area (Å²) in [5.74, 6) is 5.87. The van der Waals surface area contributed by atoms with Crippen LogP contribution in [0.1, 0.15) is 11.4 Å². The minimum Gasteiger partial charge on any atom is -0.348 e. The predicted molar refractivity (Wildman–Crippen MR) is 44.1 cm³/mol. The lowest BCUT2D eigenvalue weighted by molar-refractivity contribution is 0.938. The standard InChI is InChI=1S/C8H11N3/c1-7-8(11-6-10-7)4-3-5-9-2/h6,9H,5H2,1-2H3,(H,10,11). The SMILES string of the molecule is CNCC#Cc1nc[nH]c1C. The van der Waals surface area contributed by atoms with E-state index in [9.17, 15) is 0 Å². The van der Waals surface area contributed by atoms with Crippen LogP contribution in [0.4, 0.5) is 0 Å². The average Bonchev–Trinajstić information content (AvgIpc) is 2.37. The predicted octanol–water partition coefficient (Wildman–Crippen LogP) is 0.289. The van der Waals surface area contributed by atoms with Crippen molar-refractivity contribution in [3.63, 3.8) is 0 Å². The van der Waals surface area contributed by atoms with Gasteiger partial charge in [-0.1, -0.05) is 5.92 Å². The molecule has 0 aliphatic heterocycles. The number of aromatic amines is 1. The number of nitrogens with zero attached hydrogens (tertiary/aromatic N) is 1. The molecule has 1 aromatic heterocycles. The van der Waals surface area contributed by atoms with Gasteiger partial charge in [0.15, 0.2) is 0 Å². The maximum atomic E-state index is 4.03. The highest BCUT2D eigenvalue weighted by atomic mass is 14.9. The Morgan fingerprint density at radius 2 is 2.55 bits per heavy atom. The van der Waals surface area contributed by atoms with Gasteiger partial charge in [-0.2, -0.15) is 0 Å². The van der Waals surface area contributed by atoms with E-state index in [2.05, 4.69) is 27.1 Å². The molecule has 3 nitrogen and oxygen atoms in total. The van der Waals surface area contributed by atoms with Crippen LogP contribution in [0, 0.1) is 18.8 Å². The van der Waals surface area contributed by atoms with Crippen molar-refractivity contribution in [2.75, 3.05) is 13.6 Å². The minimum atomic E-state index is 0.701. The molecule has 0 saturated carbocycles. The highest BCUT2D eigenvalue weighted by Crippen LogP contribution is 1.95. The molecule has 0 unspecified atom stereocenters. The molecule has 0 radical (unpaired) electrons. The van der Waals surface area contributed by atoms with Gasteiger partial charge in [-0.15, -0.1) is 0 Å². The molecule has 0 amide bonds.